The highest BCUT2D eigenvalue weighted by Gasteiger charge is 2.37. The molecule has 2 N–H and O–H groups in total. The lowest BCUT2D eigenvalue weighted by atomic mass is 10.0. The number of benzene rings is 1. The number of hydrogen-bond acceptors (Lipinski definition) is 3. The maximum Gasteiger partial charge on any atom is 0.326 e. The summed E-state index contributed by atoms with van der Waals surface area (Å²) in [6, 6.07) is 5.34. The van der Waals surface area contributed by atoms with Crippen molar-refractivity contribution < 1.29 is 19.5 Å². The van der Waals surface area contributed by atoms with Crippen LogP contribution in [0.1, 0.15) is 43.5 Å². The molecule has 7 heteroatoms. The number of likely N-dealkylation sites (tertiary alicyclic amines) is 1. The lowest BCUT2D eigenvalue weighted by Crippen LogP contribution is -2.52. The molecule has 6 nitrogen and oxygen atoms in total. The van der Waals surface area contributed by atoms with Crippen LogP contribution in [0.15, 0.2) is 28.7 Å². The molecule has 0 spiro atoms. The van der Waals surface area contributed by atoms with Crippen LogP contribution in [-0.4, -0.2) is 46.4 Å². The summed E-state index contributed by atoms with van der Waals surface area (Å²) in [6.07, 6.45) is 1.58. The molecular weight excluding hydrogens is 388 g/mol. The molecular formula is C18H23BrN2O4. The van der Waals surface area contributed by atoms with E-state index in [0.29, 0.717) is 31.4 Å². The van der Waals surface area contributed by atoms with Gasteiger partial charge in [0.2, 0.25) is 5.91 Å². The van der Waals surface area contributed by atoms with Gasteiger partial charge in [-0.25, -0.2) is 4.79 Å². The first-order valence-corrected chi connectivity index (χ1v) is 9.18. The van der Waals surface area contributed by atoms with Crippen LogP contribution in [-0.2, 0) is 9.59 Å². The van der Waals surface area contributed by atoms with Crippen molar-refractivity contribution in [3.63, 3.8) is 0 Å². The SMILES string of the molecule is CC(C)C[C@H](NC(=O)c1ccc(Br)cc1)C(=O)N1CCC[C@H]1C(=O)O. The molecule has 1 heterocycles. The second-order valence-corrected chi connectivity index (χ2v) is 7.61. The molecule has 0 unspecified atom stereocenters. The van der Waals surface area contributed by atoms with Gasteiger partial charge in [0.25, 0.3) is 5.91 Å². The first-order valence-electron chi connectivity index (χ1n) is 8.39. The predicted octanol–water partition coefficient (Wildman–Crippen LogP) is 2.67. The van der Waals surface area contributed by atoms with Crippen molar-refractivity contribution in [3.05, 3.63) is 34.3 Å². The van der Waals surface area contributed by atoms with Gasteiger partial charge in [-0.15, -0.1) is 0 Å². The Morgan fingerprint density at radius 2 is 1.92 bits per heavy atom. The molecule has 1 aliphatic rings. The zero-order chi connectivity index (χ0) is 18.6. The Hall–Kier alpha value is -1.89. The number of nitrogens with zero attached hydrogens (tertiary/aromatic N) is 1. The maximum atomic E-state index is 12.9. The van der Waals surface area contributed by atoms with Gasteiger partial charge in [0.15, 0.2) is 0 Å². The molecule has 0 aliphatic carbocycles. The minimum absolute atomic E-state index is 0.185. The molecule has 0 bridgehead atoms. The van der Waals surface area contributed by atoms with Crippen LogP contribution in [0.3, 0.4) is 0 Å². The topological polar surface area (TPSA) is 86.7 Å². The summed E-state index contributed by atoms with van der Waals surface area (Å²) in [5, 5.41) is 12.1. The molecule has 2 atom stereocenters. The first-order chi connectivity index (χ1) is 11.8. The fourth-order valence-electron chi connectivity index (χ4n) is 3.02. The summed E-state index contributed by atoms with van der Waals surface area (Å²) < 4.78 is 0.861. The smallest absolute Gasteiger partial charge is 0.326 e. The summed E-state index contributed by atoms with van der Waals surface area (Å²) in [7, 11) is 0. The van der Waals surface area contributed by atoms with Crippen LogP contribution >= 0.6 is 15.9 Å². The van der Waals surface area contributed by atoms with Gasteiger partial charge in [-0.1, -0.05) is 29.8 Å². The largest absolute Gasteiger partial charge is 0.480 e. The maximum absolute atomic E-state index is 12.9. The average Bonchev–Trinajstić information content (AvgIpc) is 3.03. The Balaban J connectivity index is 2.14. The summed E-state index contributed by atoms with van der Waals surface area (Å²) in [5.74, 6) is -1.46. The van der Waals surface area contributed by atoms with Crippen molar-refractivity contribution in [2.45, 2.75) is 45.2 Å². The van der Waals surface area contributed by atoms with Crippen molar-refractivity contribution in [3.8, 4) is 0 Å². The molecule has 25 heavy (non-hydrogen) atoms. The summed E-state index contributed by atoms with van der Waals surface area (Å²) in [5.41, 5.74) is 0.459. The number of carboxylic acids is 1. The van der Waals surface area contributed by atoms with Crippen molar-refractivity contribution in [1.82, 2.24) is 10.2 Å². The van der Waals surface area contributed by atoms with Gasteiger partial charge in [0, 0.05) is 16.6 Å². The Kier molecular flexibility index (Phi) is 6.58. The molecule has 1 aromatic carbocycles. The minimum atomic E-state index is -0.992. The third kappa shape index (κ3) is 5.04. The van der Waals surface area contributed by atoms with Crippen molar-refractivity contribution in [2.75, 3.05) is 6.54 Å². The van der Waals surface area contributed by atoms with E-state index in [4.69, 9.17) is 0 Å². The van der Waals surface area contributed by atoms with Crippen LogP contribution < -0.4 is 5.32 Å². The highest BCUT2D eigenvalue weighted by Crippen LogP contribution is 2.20. The predicted molar refractivity (Wildman–Crippen MR) is 97.2 cm³/mol. The molecule has 0 saturated carbocycles. The fraction of sp³-hybridized carbons (Fsp3) is 0.500. The van der Waals surface area contributed by atoms with E-state index in [9.17, 15) is 19.5 Å². The summed E-state index contributed by atoms with van der Waals surface area (Å²) >= 11 is 3.32. The van der Waals surface area contributed by atoms with Crippen molar-refractivity contribution in [2.24, 2.45) is 5.92 Å². The molecule has 1 aliphatic heterocycles. The van der Waals surface area contributed by atoms with E-state index in [-0.39, 0.29) is 17.7 Å². The van der Waals surface area contributed by atoms with Crippen molar-refractivity contribution in [1.29, 1.82) is 0 Å². The number of halogens is 1. The summed E-state index contributed by atoms with van der Waals surface area (Å²) in [6.45, 7) is 4.34. The summed E-state index contributed by atoms with van der Waals surface area (Å²) in [4.78, 5) is 38.1. The monoisotopic (exact) mass is 410 g/mol. The normalized spacial score (nSPS) is 18.2. The van der Waals surface area contributed by atoms with Gasteiger partial charge >= 0.3 is 5.97 Å². The molecule has 2 amide bonds. The molecule has 0 radical (unpaired) electrons. The zero-order valence-corrected chi connectivity index (χ0v) is 16.0. The molecule has 136 valence electrons. The fourth-order valence-corrected chi connectivity index (χ4v) is 3.29. The first kappa shape index (κ1) is 19.4. The van der Waals surface area contributed by atoms with E-state index < -0.39 is 18.1 Å². The lowest BCUT2D eigenvalue weighted by Gasteiger charge is -2.28. The van der Waals surface area contributed by atoms with Crippen molar-refractivity contribution >= 4 is 33.7 Å². The Morgan fingerprint density at radius 1 is 1.28 bits per heavy atom. The standard InChI is InChI=1S/C18H23BrN2O4/c1-11(2)10-14(17(23)21-9-3-4-15(21)18(24)25)20-16(22)12-5-7-13(19)8-6-12/h5-8,11,14-15H,3-4,9-10H2,1-2H3,(H,20,22)(H,24,25)/t14-,15-/m0/s1. The number of carbonyl (C=O) groups excluding carboxylic acids is 2. The van der Waals surface area contributed by atoms with E-state index in [1.807, 2.05) is 13.8 Å². The van der Waals surface area contributed by atoms with Gasteiger partial charge < -0.3 is 15.3 Å². The molecule has 1 aromatic rings. The number of aliphatic carboxylic acids is 1. The number of rotatable bonds is 6. The molecule has 1 saturated heterocycles. The van der Waals surface area contributed by atoms with Gasteiger partial charge in [-0.2, -0.15) is 0 Å². The third-order valence-electron chi connectivity index (χ3n) is 4.24. The molecule has 0 aromatic heterocycles. The number of carboxylic acid groups (broad SMARTS) is 1. The Labute approximate surface area is 155 Å². The van der Waals surface area contributed by atoms with E-state index in [2.05, 4.69) is 21.2 Å². The van der Waals surface area contributed by atoms with Gasteiger partial charge in [0.05, 0.1) is 0 Å². The molecule has 1 fully saturated rings. The number of nitrogens with one attached hydrogen (secondary N) is 1. The van der Waals surface area contributed by atoms with E-state index >= 15 is 0 Å². The van der Waals surface area contributed by atoms with Gasteiger partial charge in [-0.3, -0.25) is 9.59 Å². The Bertz CT molecular complexity index is 645. The van der Waals surface area contributed by atoms with E-state index in [1.165, 1.54) is 4.90 Å². The second kappa shape index (κ2) is 8.47. The zero-order valence-electron chi connectivity index (χ0n) is 14.4. The van der Waals surface area contributed by atoms with Crippen LogP contribution in [0, 0.1) is 5.92 Å². The Morgan fingerprint density at radius 3 is 2.48 bits per heavy atom. The third-order valence-corrected chi connectivity index (χ3v) is 4.77. The number of amides is 2. The quantitative estimate of drug-likeness (QED) is 0.754. The minimum Gasteiger partial charge on any atom is -0.480 e. The average molecular weight is 411 g/mol. The van der Waals surface area contributed by atoms with Gasteiger partial charge in [-0.05, 0) is 49.4 Å². The lowest BCUT2D eigenvalue weighted by molar-refractivity contribution is -0.149. The van der Waals surface area contributed by atoms with Crippen LogP contribution in [0.5, 0.6) is 0 Å². The molecule has 2 rings (SSSR count). The highest BCUT2D eigenvalue weighted by molar-refractivity contribution is 9.10. The van der Waals surface area contributed by atoms with E-state index in [0.717, 1.165) is 4.47 Å². The van der Waals surface area contributed by atoms with Crippen LogP contribution in [0.25, 0.3) is 0 Å². The van der Waals surface area contributed by atoms with Crippen LogP contribution in [0.4, 0.5) is 0 Å². The van der Waals surface area contributed by atoms with E-state index in [1.54, 1.807) is 24.3 Å². The second-order valence-electron chi connectivity index (χ2n) is 6.69. The van der Waals surface area contributed by atoms with Crippen LogP contribution in [0.2, 0.25) is 0 Å². The number of carbonyl (C=O) groups is 3. The highest BCUT2D eigenvalue weighted by atomic mass is 79.9. The number of hydrogen-bond donors (Lipinski definition) is 2. The van der Waals surface area contributed by atoms with Gasteiger partial charge in [0.1, 0.15) is 12.1 Å².